The van der Waals surface area contributed by atoms with Crippen LogP contribution >= 0.6 is 0 Å². The predicted octanol–water partition coefficient (Wildman–Crippen LogP) is -0.696. The number of hydrogen-bond donors (Lipinski definition) is 5. The molecule has 31 heavy (non-hydrogen) atoms. The molecule has 0 bridgehead atoms. The summed E-state index contributed by atoms with van der Waals surface area (Å²) in [7, 11) is 0. The number of carbonyl (C=O) groups is 5. The molecule has 2 aliphatic heterocycles. The molecule has 3 amide bonds. The zero-order chi connectivity index (χ0) is 23.1. The van der Waals surface area contributed by atoms with E-state index in [4.69, 9.17) is 0 Å². The average molecular weight is 440 g/mol. The number of aliphatic carboxylic acids is 2. The standard InChI is InChI=1S/C20H32N4O7/c1-11(2)9-14(19(29)24-8-4-6-15(24)20(30)31)23-18(28)13(10-16(25)26)22-17(27)12-5-3-7-21-12/h11-15,21H,3-10H2,1-2H3,(H,22,27)(H,23,28)(H,25,26)(H,30,31). The van der Waals surface area contributed by atoms with Crippen molar-refractivity contribution in [2.45, 2.75) is 76.5 Å². The first-order chi connectivity index (χ1) is 14.6. The van der Waals surface area contributed by atoms with Gasteiger partial charge in [0.05, 0.1) is 12.5 Å². The first-order valence-corrected chi connectivity index (χ1v) is 10.7. The molecule has 0 saturated carbocycles. The first-order valence-electron chi connectivity index (χ1n) is 10.7. The molecule has 2 heterocycles. The van der Waals surface area contributed by atoms with Crippen LogP contribution in [0, 0.1) is 5.92 Å². The van der Waals surface area contributed by atoms with E-state index in [2.05, 4.69) is 16.0 Å². The fourth-order valence-corrected chi connectivity index (χ4v) is 4.02. The van der Waals surface area contributed by atoms with Crippen molar-refractivity contribution in [3.63, 3.8) is 0 Å². The van der Waals surface area contributed by atoms with Crippen LogP contribution in [0.2, 0.25) is 0 Å². The van der Waals surface area contributed by atoms with Crippen molar-refractivity contribution in [1.82, 2.24) is 20.9 Å². The summed E-state index contributed by atoms with van der Waals surface area (Å²) in [5.74, 6) is -4.10. The molecule has 2 rings (SSSR count). The molecule has 4 unspecified atom stereocenters. The summed E-state index contributed by atoms with van der Waals surface area (Å²) in [5.41, 5.74) is 0. The minimum absolute atomic E-state index is 0.00957. The zero-order valence-electron chi connectivity index (χ0n) is 17.9. The maximum atomic E-state index is 13.0. The van der Waals surface area contributed by atoms with Gasteiger partial charge in [0.2, 0.25) is 17.7 Å². The number of hydrogen-bond acceptors (Lipinski definition) is 6. The minimum atomic E-state index is -1.34. The lowest BCUT2D eigenvalue weighted by atomic mass is 10.0. The Labute approximate surface area is 180 Å². The number of amides is 3. The molecule has 2 aliphatic rings. The van der Waals surface area contributed by atoms with Gasteiger partial charge in [0.1, 0.15) is 18.1 Å². The topological polar surface area (TPSA) is 165 Å². The maximum absolute atomic E-state index is 13.0. The molecule has 0 aromatic heterocycles. The largest absolute Gasteiger partial charge is 0.481 e. The summed E-state index contributed by atoms with van der Waals surface area (Å²) in [6, 6.07) is -3.78. The summed E-state index contributed by atoms with van der Waals surface area (Å²) in [6.45, 7) is 4.66. The van der Waals surface area contributed by atoms with Crippen LogP contribution in [-0.2, 0) is 24.0 Å². The second-order valence-electron chi connectivity index (χ2n) is 8.53. The fourth-order valence-electron chi connectivity index (χ4n) is 4.02. The van der Waals surface area contributed by atoms with E-state index in [-0.39, 0.29) is 18.9 Å². The van der Waals surface area contributed by atoms with Crippen molar-refractivity contribution in [2.75, 3.05) is 13.1 Å². The minimum Gasteiger partial charge on any atom is -0.481 e. The third-order valence-corrected chi connectivity index (χ3v) is 5.53. The molecule has 4 atom stereocenters. The number of rotatable bonds is 10. The van der Waals surface area contributed by atoms with Crippen molar-refractivity contribution >= 4 is 29.7 Å². The number of nitrogens with zero attached hydrogens (tertiary/aromatic N) is 1. The van der Waals surface area contributed by atoms with Crippen molar-refractivity contribution in [3.05, 3.63) is 0 Å². The molecule has 11 heteroatoms. The van der Waals surface area contributed by atoms with E-state index >= 15 is 0 Å². The van der Waals surface area contributed by atoms with E-state index in [0.29, 0.717) is 25.8 Å². The predicted molar refractivity (Wildman–Crippen MR) is 109 cm³/mol. The lowest BCUT2D eigenvalue weighted by molar-refractivity contribution is -0.150. The lowest BCUT2D eigenvalue weighted by Crippen LogP contribution is -2.57. The van der Waals surface area contributed by atoms with Gasteiger partial charge < -0.3 is 31.1 Å². The van der Waals surface area contributed by atoms with Crippen LogP contribution in [0.15, 0.2) is 0 Å². The third-order valence-electron chi connectivity index (χ3n) is 5.53. The molecule has 0 aromatic rings. The Morgan fingerprint density at radius 1 is 1.03 bits per heavy atom. The number of carboxylic acids is 2. The first kappa shape index (κ1) is 24.6. The summed E-state index contributed by atoms with van der Waals surface area (Å²) in [4.78, 5) is 62.2. The van der Waals surface area contributed by atoms with E-state index in [0.717, 1.165) is 6.42 Å². The highest BCUT2D eigenvalue weighted by Gasteiger charge is 2.39. The number of likely N-dealkylation sites (tertiary alicyclic amines) is 1. The van der Waals surface area contributed by atoms with Crippen molar-refractivity contribution < 1.29 is 34.2 Å². The van der Waals surface area contributed by atoms with Gasteiger partial charge in [-0.1, -0.05) is 13.8 Å². The Kier molecular flexibility index (Phi) is 8.78. The molecule has 5 N–H and O–H groups in total. The quantitative estimate of drug-likeness (QED) is 0.298. The average Bonchev–Trinajstić information content (AvgIpc) is 3.37. The van der Waals surface area contributed by atoms with E-state index < -0.39 is 60.2 Å². The third kappa shape index (κ3) is 6.91. The van der Waals surface area contributed by atoms with E-state index in [9.17, 15) is 34.2 Å². The summed E-state index contributed by atoms with van der Waals surface area (Å²) >= 11 is 0. The van der Waals surface area contributed by atoms with Gasteiger partial charge in [-0.25, -0.2) is 4.79 Å². The Morgan fingerprint density at radius 3 is 2.29 bits per heavy atom. The fraction of sp³-hybridized carbons (Fsp3) is 0.750. The van der Waals surface area contributed by atoms with Gasteiger partial charge in [-0.15, -0.1) is 0 Å². The molecular weight excluding hydrogens is 408 g/mol. The molecule has 2 fully saturated rings. The SMILES string of the molecule is CC(C)CC(NC(=O)C(CC(=O)O)NC(=O)C1CCCN1)C(=O)N1CCCC1C(=O)O. The molecule has 0 aliphatic carbocycles. The summed E-state index contributed by atoms with van der Waals surface area (Å²) < 4.78 is 0. The molecule has 0 aromatic carbocycles. The number of carboxylic acid groups (broad SMARTS) is 2. The van der Waals surface area contributed by atoms with E-state index in [1.165, 1.54) is 4.90 Å². The van der Waals surface area contributed by atoms with Crippen LogP contribution in [0.1, 0.15) is 52.4 Å². The Balaban J connectivity index is 2.12. The Bertz CT molecular complexity index is 706. The van der Waals surface area contributed by atoms with Crippen LogP contribution in [-0.4, -0.2) is 82.0 Å². The second kappa shape index (κ2) is 11.1. The van der Waals surface area contributed by atoms with Crippen LogP contribution in [0.25, 0.3) is 0 Å². The normalized spacial score (nSPS) is 22.7. The smallest absolute Gasteiger partial charge is 0.326 e. The van der Waals surface area contributed by atoms with Crippen LogP contribution in [0.3, 0.4) is 0 Å². The molecule has 0 radical (unpaired) electrons. The van der Waals surface area contributed by atoms with Gasteiger partial charge >= 0.3 is 11.9 Å². The molecule has 2 saturated heterocycles. The monoisotopic (exact) mass is 440 g/mol. The number of carbonyl (C=O) groups excluding carboxylic acids is 3. The van der Waals surface area contributed by atoms with Gasteiger partial charge in [-0.2, -0.15) is 0 Å². The van der Waals surface area contributed by atoms with Crippen molar-refractivity contribution in [1.29, 1.82) is 0 Å². The molecular formula is C20H32N4O7. The van der Waals surface area contributed by atoms with Gasteiger partial charge in [0.25, 0.3) is 0 Å². The van der Waals surface area contributed by atoms with Crippen LogP contribution in [0.5, 0.6) is 0 Å². The van der Waals surface area contributed by atoms with E-state index in [1.807, 2.05) is 13.8 Å². The van der Waals surface area contributed by atoms with Gasteiger partial charge in [0, 0.05) is 6.54 Å². The maximum Gasteiger partial charge on any atom is 0.326 e. The summed E-state index contributed by atoms with van der Waals surface area (Å²) in [5, 5.41) is 26.6. The lowest BCUT2D eigenvalue weighted by Gasteiger charge is -2.29. The summed E-state index contributed by atoms with van der Waals surface area (Å²) in [6.07, 6.45) is 1.92. The van der Waals surface area contributed by atoms with Gasteiger partial charge in [-0.3, -0.25) is 19.2 Å². The molecule has 11 nitrogen and oxygen atoms in total. The molecule has 0 spiro atoms. The Hall–Kier alpha value is -2.69. The van der Waals surface area contributed by atoms with Gasteiger partial charge in [-0.05, 0) is 44.6 Å². The van der Waals surface area contributed by atoms with E-state index in [1.54, 1.807) is 0 Å². The highest BCUT2D eigenvalue weighted by molar-refractivity contribution is 5.95. The van der Waals surface area contributed by atoms with Crippen LogP contribution in [0.4, 0.5) is 0 Å². The number of nitrogens with one attached hydrogen (secondary N) is 3. The van der Waals surface area contributed by atoms with Gasteiger partial charge in [0.15, 0.2) is 0 Å². The second-order valence-corrected chi connectivity index (χ2v) is 8.53. The zero-order valence-corrected chi connectivity index (χ0v) is 17.9. The highest BCUT2D eigenvalue weighted by atomic mass is 16.4. The van der Waals surface area contributed by atoms with Crippen molar-refractivity contribution in [2.24, 2.45) is 5.92 Å². The van der Waals surface area contributed by atoms with Crippen LogP contribution < -0.4 is 16.0 Å². The Morgan fingerprint density at radius 2 is 1.74 bits per heavy atom. The highest BCUT2D eigenvalue weighted by Crippen LogP contribution is 2.20. The molecule has 174 valence electrons. The van der Waals surface area contributed by atoms with Crippen molar-refractivity contribution in [3.8, 4) is 0 Å².